The van der Waals surface area contributed by atoms with Crippen LogP contribution in [0.25, 0.3) is 0 Å². The van der Waals surface area contributed by atoms with Gasteiger partial charge in [0.25, 0.3) is 0 Å². The van der Waals surface area contributed by atoms with Crippen LogP contribution in [-0.2, 0) is 4.79 Å². The van der Waals surface area contributed by atoms with E-state index in [0.717, 1.165) is 18.4 Å². The summed E-state index contributed by atoms with van der Waals surface area (Å²) in [6, 6.07) is 4.26. The van der Waals surface area contributed by atoms with Crippen LogP contribution < -0.4 is 5.43 Å². The third-order valence-corrected chi connectivity index (χ3v) is 3.63. The number of nitrogens with one attached hydrogen (secondary N) is 1. The predicted octanol–water partition coefficient (Wildman–Crippen LogP) is 4.42. The summed E-state index contributed by atoms with van der Waals surface area (Å²) in [5, 5.41) is 4.08. The molecule has 116 valence electrons. The molecule has 0 heterocycles. The Kier molecular flexibility index (Phi) is 7.73. The number of aryl methyl sites for hydroxylation is 3. The maximum absolute atomic E-state index is 11.7. The van der Waals surface area contributed by atoms with Crippen molar-refractivity contribution in [3.63, 3.8) is 0 Å². The van der Waals surface area contributed by atoms with Gasteiger partial charge in [-0.1, -0.05) is 50.3 Å². The Morgan fingerprint density at radius 2 is 1.71 bits per heavy atom. The summed E-state index contributed by atoms with van der Waals surface area (Å²) in [4.78, 5) is 11.7. The molecule has 0 saturated heterocycles. The number of hydrazone groups is 1. The lowest BCUT2D eigenvalue weighted by molar-refractivity contribution is -0.121. The second-order valence-electron chi connectivity index (χ2n) is 5.77. The van der Waals surface area contributed by atoms with Gasteiger partial charge in [-0.3, -0.25) is 4.79 Å². The van der Waals surface area contributed by atoms with Crippen molar-refractivity contribution in [2.24, 2.45) is 5.10 Å². The zero-order valence-corrected chi connectivity index (χ0v) is 13.8. The molecule has 0 saturated carbocycles. The number of hydrogen-bond donors (Lipinski definition) is 1. The van der Waals surface area contributed by atoms with Gasteiger partial charge in [-0.25, -0.2) is 5.43 Å². The van der Waals surface area contributed by atoms with Crippen LogP contribution in [0.3, 0.4) is 0 Å². The van der Waals surface area contributed by atoms with Gasteiger partial charge < -0.3 is 0 Å². The Morgan fingerprint density at radius 1 is 1.10 bits per heavy atom. The Bertz CT molecular complexity index is 469. The third kappa shape index (κ3) is 6.56. The maximum Gasteiger partial charge on any atom is 0.240 e. The van der Waals surface area contributed by atoms with E-state index >= 15 is 0 Å². The number of rotatable bonds is 8. The van der Waals surface area contributed by atoms with Crippen LogP contribution in [0, 0.1) is 20.8 Å². The lowest BCUT2D eigenvalue weighted by Crippen LogP contribution is -2.17. The fourth-order valence-electron chi connectivity index (χ4n) is 2.51. The van der Waals surface area contributed by atoms with Crippen molar-refractivity contribution in [2.75, 3.05) is 0 Å². The summed E-state index contributed by atoms with van der Waals surface area (Å²) in [5.41, 5.74) is 7.33. The molecule has 0 bridgehead atoms. The molecular weight excluding hydrogens is 260 g/mol. The molecule has 3 heteroatoms. The molecule has 0 aliphatic carbocycles. The SMILES string of the molecule is CCCCCCCC(=O)NN=Cc1c(C)cc(C)cc1C. The van der Waals surface area contributed by atoms with Crippen molar-refractivity contribution < 1.29 is 4.79 Å². The predicted molar refractivity (Wildman–Crippen MR) is 89.8 cm³/mol. The van der Waals surface area contributed by atoms with E-state index in [0.29, 0.717) is 6.42 Å². The maximum atomic E-state index is 11.7. The molecule has 21 heavy (non-hydrogen) atoms. The van der Waals surface area contributed by atoms with Gasteiger partial charge in [0, 0.05) is 12.0 Å². The van der Waals surface area contributed by atoms with Crippen LogP contribution >= 0.6 is 0 Å². The highest BCUT2D eigenvalue weighted by atomic mass is 16.2. The van der Waals surface area contributed by atoms with E-state index in [1.54, 1.807) is 6.21 Å². The first-order valence-corrected chi connectivity index (χ1v) is 7.94. The van der Waals surface area contributed by atoms with Gasteiger partial charge in [0.1, 0.15) is 0 Å². The largest absolute Gasteiger partial charge is 0.273 e. The standard InChI is InChI=1S/C18H28N2O/c1-5-6-7-8-9-10-18(21)20-19-13-17-15(3)11-14(2)12-16(17)4/h11-13H,5-10H2,1-4H3,(H,20,21). The van der Waals surface area contributed by atoms with E-state index in [1.807, 2.05) is 0 Å². The zero-order chi connectivity index (χ0) is 15.7. The molecule has 0 atom stereocenters. The molecule has 0 unspecified atom stereocenters. The quantitative estimate of drug-likeness (QED) is 0.429. The molecular formula is C18H28N2O. The minimum absolute atomic E-state index is 0.00478. The molecule has 1 aromatic rings. The second-order valence-corrected chi connectivity index (χ2v) is 5.77. The van der Waals surface area contributed by atoms with E-state index in [-0.39, 0.29) is 5.91 Å². The van der Waals surface area contributed by atoms with Crippen LogP contribution in [-0.4, -0.2) is 12.1 Å². The summed E-state index contributed by atoms with van der Waals surface area (Å²) < 4.78 is 0. The first-order chi connectivity index (χ1) is 10.0. The summed E-state index contributed by atoms with van der Waals surface area (Å²) in [6.07, 6.45) is 8.09. The minimum atomic E-state index is 0.00478. The number of unbranched alkanes of at least 4 members (excludes halogenated alkanes) is 4. The number of carbonyl (C=O) groups is 1. The summed E-state index contributed by atoms with van der Waals surface area (Å²) >= 11 is 0. The molecule has 3 nitrogen and oxygen atoms in total. The van der Waals surface area contributed by atoms with E-state index in [2.05, 4.69) is 50.4 Å². The first-order valence-electron chi connectivity index (χ1n) is 7.94. The van der Waals surface area contributed by atoms with E-state index in [1.165, 1.54) is 36.0 Å². The smallest absolute Gasteiger partial charge is 0.240 e. The van der Waals surface area contributed by atoms with Gasteiger partial charge in [-0.05, 0) is 38.3 Å². The number of benzene rings is 1. The van der Waals surface area contributed by atoms with E-state index < -0.39 is 0 Å². The monoisotopic (exact) mass is 288 g/mol. The van der Waals surface area contributed by atoms with Crippen molar-refractivity contribution in [1.29, 1.82) is 0 Å². The molecule has 0 aliphatic rings. The molecule has 1 aromatic carbocycles. The van der Waals surface area contributed by atoms with Crippen molar-refractivity contribution in [3.05, 3.63) is 34.4 Å². The van der Waals surface area contributed by atoms with Crippen LogP contribution in [0.4, 0.5) is 0 Å². The molecule has 0 aromatic heterocycles. The van der Waals surface area contributed by atoms with E-state index in [9.17, 15) is 4.79 Å². The van der Waals surface area contributed by atoms with E-state index in [4.69, 9.17) is 0 Å². The van der Waals surface area contributed by atoms with Gasteiger partial charge in [0.05, 0.1) is 6.21 Å². The minimum Gasteiger partial charge on any atom is -0.273 e. The normalized spacial score (nSPS) is 11.0. The number of carbonyl (C=O) groups excluding carboxylic acids is 1. The zero-order valence-electron chi connectivity index (χ0n) is 13.8. The van der Waals surface area contributed by atoms with Gasteiger partial charge in [0.15, 0.2) is 0 Å². The molecule has 1 N–H and O–H groups in total. The van der Waals surface area contributed by atoms with Gasteiger partial charge in [-0.2, -0.15) is 5.10 Å². The lowest BCUT2D eigenvalue weighted by Gasteiger charge is -2.06. The number of amides is 1. The third-order valence-electron chi connectivity index (χ3n) is 3.63. The Morgan fingerprint density at radius 3 is 2.33 bits per heavy atom. The second kappa shape index (κ2) is 9.32. The van der Waals surface area contributed by atoms with Crippen molar-refractivity contribution in [1.82, 2.24) is 5.43 Å². The first kappa shape index (κ1) is 17.4. The van der Waals surface area contributed by atoms with Crippen molar-refractivity contribution in [2.45, 2.75) is 66.2 Å². The Balaban J connectivity index is 2.39. The fraction of sp³-hybridized carbons (Fsp3) is 0.556. The topological polar surface area (TPSA) is 41.5 Å². The molecule has 1 amide bonds. The van der Waals surface area contributed by atoms with Crippen molar-refractivity contribution >= 4 is 12.1 Å². The Labute approximate surface area is 128 Å². The summed E-state index contributed by atoms with van der Waals surface area (Å²) in [6.45, 7) is 8.41. The highest BCUT2D eigenvalue weighted by Crippen LogP contribution is 2.14. The number of nitrogens with zero attached hydrogens (tertiary/aromatic N) is 1. The molecule has 0 spiro atoms. The van der Waals surface area contributed by atoms with Crippen molar-refractivity contribution in [3.8, 4) is 0 Å². The summed E-state index contributed by atoms with van der Waals surface area (Å²) in [7, 11) is 0. The molecule has 0 fully saturated rings. The van der Waals surface area contributed by atoms with Crippen LogP contribution in [0.1, 0.15) is 67.7 Å². The summed E-state index contributed by atoms with van der Waals surface area (Å²) in [5.74, 6) is 0.00478. The molecule has 0 radical (unpaired) electrons. The number of hydrogen-bond acceptors (Lipinski definition) is 2. The molecule has 1 rings (SSSR count). The van der Waals surface area contributed by atoms with Crippen LogP contribution in [0.15, 0.2) is 17.2 Å². The van der Waals surface area contributed by atoms with Gasteiger partial charge >= 0.3 is 0 Å². The van der Waals surface area contributed by atoms with Gasteiger partial charge in [-0.15, -0.1) is 0 Å². The average molecular weight is 288 g/mol. The Hall–Kier alpha value is -1.64. The molecule has 0 aliphatic heterocycles. The average Bonchev–Trinajstić information content (AvgIpc) is 2.41. The van der Waals surface area contributed by atoms with Gasteiger partial charge in [0.2, 0.25) is 5.91 Å². The highest BCUT2D eigenvalue weighted by Gasteiger charge is 2.02. The van der Waals surface area contributed by atoms with Crippen LogP contribution in [0.5, 0.6) is 0 Å². The fourth-order valence-corrected chi connectivity index (χ4v) is 2.51. The van der Waals surface area contributed by atoms with Crippen LogP contribution in [0.2, 0.25) is 0 Å². The lowest BCUT2D eigenvalue weighted by atomic mass is 10.0. The highest BCUT2D eigenvalue weighted by molar-refractivity contribution is 5.85.